The summed E-state index contributed by atoms with van der Waals surface area (Å²) in [4.78, 5) is 32.1. The van der Waals surface area contributed by atoms with Gasteiger partial charge in [0.25, 0.3) is 0 Å². The Morgan fingerprint density at radius 1 is 0.614 bits per heavy atom. The highest BCUT2D eigenvalue weighted by Crippen LogP contribution is 2.44. The second-order valence-electron chi connectivity index (χ2n) is 24.1. The zero-order valence-corrected chi connectivity index (χ0v) is 52.7. The lowest BCUT2D eigenvalue weighted by molar-refractivity contribution is -0.462. The van der Waals surface area contributed by atoms with Crippen LogP contribution in [0.4, 0.5) is 5.69 Å². The van der Waals surface area contributed by atoms with Gasteiger partial charge in [-0.05, 0) is 180 Å². The van der Waals surface area contributed by atoms with Crippen molar-refractivity contribution in [3.05, 3.63) is 219 Å². The number of hydrogen-bond acceptors (Lipinski definition) is 11. The van der Waals surface area contributed by atoms with Gasteiger partial charge in [-0.2, -0.15) is 10.5 Å². The smallest absolute Gasteiger partial charge is 0.423 e. The SMILES string of the molecule is C=C(C)C(=O)NCCCN(Cc1cc(C#N)ccc1B(O)O)Cc1c2ccccc2c(CN(CCCNC(=O)C(=C)C)Cc2cc(C#N)ccc2B(O)O)c2cc(-c3cccc(C4=C5C=CC(=[N+](C)C)C=C5[Si](C)(C)c5cc(N(C)C)ccc54)c3)ccc12. The van der Waals surface area contributed by atoms with E-state index in [4.69, 9.17) is 0 Å². The number of nitriles is 2. The molecule has 1 heterocycles. The Hall–Kier alpha value is -8.74. The highest BCUT2D eigenvalue weighted by Gasteiger charge is 2.40. The monoisotopic (exact) mass is 1190 g/mol. The quantitative estimate of drug-likeness (QED) is 0.0122. The maximum atomic E-state index is 12.8. The molecule has 0 aromatic heterocycles. The fourth-order valence-electron chi connectivity index (χ4n) is 12.2. The molecule has 2 amide bonds. The van der Waals surface area contributed by atoms with Crippen molar-refractivity contribution in [1.82, 2.24) is 20.4 Å². The van der Waals surface area contributed by atoms with Crippen molar-refractivity contribution in [3.63, 3.8) is 0 Å². The highest BCUT2D eigenvalue weighted by molar-refractivity contribution is 6.98. The highest BCUT2D eigenvalue weighted by atomic mass is 28.3. The van der Waals surface area contributed by atoms with E-state index in [2.05, 4.69) is 188 Å². The molecular weight excluding hydrogens is 1110 g/mol. The molecule has 0 spiro atoms. The third kappa shape index (κ3) is 14.0. The van der Waals surface area contributed by atoms with Gasteiger partial charge >= 0.3 is 14.2 Å². The van der Waals surface area contributed by atoms with Gasteiger partial charge in [-0.1, -0.05) is 99.0 Å². The summed E-state index contributed by atoms with van der Waals surface area (Å²) < 4.78 is 2.17. The van der Waals surface area contributed by atoms with E-state index in [0.717, 1.165) is 60.8 Å². The van der Waals surface area contributed by atoms with Gasteiger partial charge in [0.05, 0.1) is 23.3 Å². The van der Waals surface area contributed by atoms with E-state index in [0.29, 0.717) is 85.5 Å². The van der Waals surface area contributed by atoms with Crippen LogP contribution < -0.4 is 31.6 Å². The number of nitrogens with zero attached hydrogens (tertiary/aromatic N) is 6. The van der Waals surface area contributed by atoms with E-state index < -0.39 is 22.3 Å². The number of benzene rings is 7. The summed E-state index contributed by atoms with van der Waals surface area (Å²) in [5.74, 6) is -0.483. The van der Waals surface area contributed by atoms with Gasteiger partial charge in [0.15, 0.2) is 5.71 Å². The fourth-order valence-corrected chi connectivity index (χ4v) is 15.3. The molecule has 1 aliphatic heterocycles. The molecule has 0 unspecified atom stereocenters. The lowest BCUT2D eigenvalue weighted by Gasteiger charge is -2.38. The van der Waals surface area contributed by atoms with Crippen LogP contribution in [-0.2, 0) is 35.8 Å². The Morgan fingerprint density at radius 2 is 1.14 bits per heavy atom. The van der Waals surface area contributed by atoms with Crippen molar-refractivity contribution in [3.8, 4) is 23.3 Å². The van der Waals surface area contributed by atoms with E-state index in [1.165, 1.54) is 27.1 Å². The molecule has 6 N–H and O–H groups in total. The first-order chi connectivity index (χ1) is 42.1. The predicted octanol–water partition coefficient (Wildman–Crippen LogP) is 7.48. The number of anilines is 1. The Morgan fingerprint density at radius 3 is 1.65 bits per heavy atom. The topological polar surface area (TPSA) is 199 Å². The van der Waals surface area contributed by atoms with Crippen molar-refractivity contribution in [2.45, 2.75) is 66.0 Å². The maximum Gasteiger partial charge on any atom is 0.488 e. The van der Waals surface area contributed by atoms with E-state index in [-0.39, 0.29) is 35.8 Å². The molecule has 17 heteroatoms. The fraction of sp³-hybridized carbons (Fsp3) is 0.254. The Labute approximate surface area is 519 Å². The summed E-state index contributed by atoms with van der Waals surface area (Å²) >= 11 is 0. The van der Waals surface area contributed by atoms with Crippen LogP contribution in [0.1, 0.15) is 71.2 Å². The Bertz CT molecular complexity index is 4150. The minimum absolute atomic E-state index is 0.236. The number of rotatable bonds is 23. The van der Waals surface area contributed by atoms with Crippen LogP contribution in [0.3, 0.4) is 0 Å². The molecule has 0 bridgehead atoms. The van der Waals surface area contributed by atoms with Crippen LogP contribution in [0.25, 0.3) is 38.2 Å². The summed E-state index contributed by atoms with van der Waals surface area (Å²) in [7, 11) is 2.53. The third-order valence-corrected chi connectivity index (χ3v) is 20.5. The molecule has 446 valence electrons. The lowest BCUT2D eigenvalue weighted by atomic mass is 9.76. The summed E-state index contributed by atoms with van der Waals surface area (Å²) in [6, 6.07) is 44.8. The van der Waals surface area contributed by atoms with Gasteiger partial charge in [-0.15, -0.1) is 0 Å². The number of fused-ring (bicyclic) bond motifs is 4. The number of hydrogen-bond donors (Lipinski definition) is 6. The molecular formula is C71H77B2N8O6Si+. The first-order valence-corrected chi connectivity index (χ1v) is 32.8. The van der Waals surface area contributed by atoms with Crippen LogP contribution >= 0.6 is 0 Å². The molecule has 1 aliphatic carbocycles. The lowest BCUT2D eigenvalue weighted by Crippen LogP contribution is -2.49. The number of amides is 2. The number of allylic oxidation sites excluding steroid dienone is 5. The van der Waals surface area contributed by atoms with Crippen LogP contribution in [0.15, 0.2) is 175 Å². The molecule has 88 heavy (non-hydrogen) atoms. The van der Waals surface area contributed by atoms with Crippen LogP contribution in [0.2, 0.25) is 13.1 Å². The molecule has 0 radical (unpaired) electrons. The zero-order valence-electron chi connectivity index (χ0n) is 51.7. The number of nitrogens with one attached hydrogen (secondary N) is 2. The second-order valence-corrected chi connectivity index (χ2v) is 28.4. The predicted molar refractivity (Wildman–Crippen MR) is 360 cm³/mol. The number of carbonyl (C=O) groups excluding carboxylic acids is 2. The standard InChI is InChI=1S/C71H76B2N8O6Si/c1-46(2)70(82)76-30-14-32-80(42-53-34-48(40-74)20-28-65(53)72(84)85)44-63-57-18-11-12-19-58(57)64(45-81(33-15-31-77-71(83)47(3)4)43-54-35-49(41-75)21-29-66(54)73(86)87)62-37-51(22-25-59(62)63)50-16-13-17-52(36-50)69-60-26-23-55(78(5)6)38-67(60)88(9,10)68-39-56(79(7)8)24-27-61(68)69/h11-13,16-29,34-39,84-87H,1,3,14-15,30-33,42-45H2,2,4-10H3,(H-,76,77,82,83)/p+1. The molecule has 9 rings (SSSR count). The molecule has 7 aromatic rings. The van der Waals surface area contributed by atoms with Gasteiger partial charge in [-0.3, -0.25) is 19.4 Å². The van der Waals surface area contributed by atoms with Crippen molar-refractivity contribution in [2.75, 3.05) is 59.3 Å². The first kappa shape index (κ1) is 63.8. The molecule has 0 atom stereocenters. The second kappa shape index (κ2) is 27.5. The summed E-state index contributed by atoms with van der Waals surface area (Å²) in [5.41, 5.74) is 14.4. The van der Waals surface area contributed by atoms with E-state index >= 15 is 0 Å². The van der Waals surface area contributed by atoms with Crippen molar-refractivity contribution >= 4 is 88.8 Å². The molecule has 0 saturated heterocycles. The van der Waals surface area contributed by atoms with Gasteiger partial charge in [0, 0.05) is 95.4 Å². The van der Waals surface area contributed by atoms with Crippen LogP contribution in [0.5, 0.6) is 0 Å². The minimum Gasteiger partial charge on any atom is -0.423 e. The molecule has 0 saturated carbocycles. The summed E-state index contributed by atoms with van der Waals surface area (Å²) in [5, 5.41) is 75.5. The third-order valence-electron chi connectivity index (χ3n) is 17.0. The average Bonchev–Trinajstić information content (AvgIpc) is 0.753. The van der Waals surface area contributed by atoms with Crippen molar-refractivity contribution in [2.24, 2.45) is 0 Å². The van der Waals surface area contributed by atoms with Gasteiger partial charge in [-0.25, -0.2) is 4.58 Å². The Balaban J connectivity index is 1.25. The first-order valence-electron chi connectivity index (χ1n) is 29.8. The average molecular weight is 1190 g/mol. The molecule has 2 aliphatic rings. The van der Waals surface area contributed by atoms with Crippen molar-refractivity contribution < 1.29 is 34.3 Å². The van der Waals surface area contributed by atoms with Crippen LogP contribution in [0, 0.1) is 22.7 Å². The Kier molecular flexibility index (Phi) is 19.9. The number of carbonyl (C=O) groups is 2. The molecule has 7 aromatic carbocycles. The summed E-state index contributed by atoms with van der Waals surface area (Å²) in [6.07, 6.45) is 7.99. The van der Waals surface area contributed by atoms with E-state index in [1.807, 2.05) is 12.1 Å². The molecule has 14 nitrogen and oxygen atoms in total. The van der Waals surface area contributed by atoms with Gasteiger partial charge in [0.2, 0.25) is 11.8 Å². The summed E-state index contributed by atoms with van der Waals surface area (Å²) in [6.45, 7) is 18.8. The largest absolute Gasteiger partial charge is 0.488 e. The minimum atomic E-state index is -2.24. The van der Waals surface area contributed by atoms with E-state index in [9.17, 15) is 40.2 Å². The maximum absolute atomic E-state index is 12.8. The zero-order chi connectivity index (χ0) is 63.1. The van der Waals surface area contributed by atoms with E-state index in [1.54, 1.807) is 50.2 Å². The molecule has 0 fully saturated rings. The normalized spacial score (nSPS) is 13.2. The van der Waals surface area contributed by atoms with Crippen LogP contribution in [-0.4, -0.2) is 129 Å². The van der Waals surface area contributed by atoms with Gasteiger partial charge < -0.3 is 35.6 Å². The van der Waals surface area contributed by atoms with Crippen molar-refractivity contribution in [1.29, 1.82) is 10.5 Å². The van der Waals surface area contributed by atoms with Gasteiger partial charge in [0.1, 0.15) is 22.2 Å².